The van der Waals surface area contributed by atoms with Crippen molar-refractivity contribution in [3.8, 4) is 17.2 Å². The highest BCUT2D eigenvalue weighted by molar-refractivity contribution is 7.12. The Balaban J connectivity index is 0.000000165. The molecule has 0 saturated carbocycles. The van der Waals surface area contributed by atoms with Crippen molar-refractivity contribution in [1.29, 1.82) is 0 Å². The van der Waals surface area contributed by atoms with Gasteiger partial charge >= 0.3 is 5.97 Å². The van der Waals surface area contributed by atoms with Crippen LogP contribution in [0, 0.1) is 13.8 Å². The summed E-state index contributed by atoms with van der Waals surface area (Å²) in [5.74, 6) is 0.892. The lowest BCUT2D eigenvalue weighted by atomic mass is 10.2. The van der Waals surface area contributed by atoms with Crippen LogP contribution in [0.3, 0.4) is 0 Å². The Kier molecular flexibility index (Phi) is 11.2. The van der Waals surface area contributed by atoms with Gasteiger partial charge in [0.05, 0.1) is 0 Å². The van der Waals surface area contributed by atoms with Gasteiger partial charge in [0, 0.05) is 9.75 Å². The molecule has 0 aliphatic carbocycles. The molecule has 0 atom stereocenters. The molecule has 5 rings (SSSR count). The van der Waals surface area contributed by atoms with Crippen LogP contribution in [0.2, 0.25) is 0 Å². The standard InChI is InChI=1S/C12H10O3S.C12H12OS.C5H6OS/c13-12(14)11-10(6-7-16-11)15-8-9-4-2-1-3-5-9;1-10-12(7-8-14-10)13-9-11-5-3-2-4-6-11;1-4-5(6)2-3-7-4/h1-7H,8H2,(H,13,14);2-8H,9H2,1H3;2-3,6H,1H3. The molecule has 3 heterocycles. The summed E-state index contributed by atoms with van der Waals surface area (Å²) in [5.41, 5.74) is 2.23. The minimum atomic E-state index is -0.946. The molecule has 8 heteroatoms. The Bertz CT molecular complexity index is 1320. The summed E-state index contributed by atoms with van der Waals surface area (Å²) in [5, 5.41) is 23.3. The Hall–Kier alpha value is -3.59. The van der Waals surface area contributed by atoms with E-state index in [2.05, 4.69) is 24.4 Å². The van der Waals surface area contributed by atoms with E-state index >= 15 is 0 Å². The third-order valence-electron chi connectivity index (χ3n) is 4.94. The van der Waals surface area contributed by atoms with Crippen LogP contribution in [0.15, 0.2) is 95.0 Å². The van der Waals surface area contributed by atoms with Crippen molar-refractivity contribution in [3.05, 3.63) is 121 Å². The van der Waals surface area contributed by atoms with Gasteiger partial charge in [-0.2, -0.15) is 0 Å². The highest BCUT2D eigenvalue weighted by Gasteiger charge is 2.12. The summed E-state index contributed by atoms with van der Waals surface area (Å²) in [7, 11) is 0. The lowest BCUT2D eigenvalue weighted by Gasteiger charge is -2.04. The number of ether oxygens (including phenoxy) is 2. The minimum Gasteiger partial charge on any atom is -0.507 e. The maximum atomic E-state index is 10.8. The summed E-state index contributed by atoms with van der Waals surface area (Å²) < 4.78 is 11.1. The molecule has 0 bridgehead atoms. The van der Waals surface area contributed by atoms with Gasteiger partial charge in [-0.1, -0.05) is 60.7 Å². The van der Waals surface area contributed by atoms with E-state index in [-0.39, 0.29) is 4.88 Å². The number of carboxylic acid groups (broad SMARTS) is 1. The lowest BCUT2D eigenvalue weighted by Crippen LogP contribution is -1.99. The van der Waals surface area contributed by atoms with E-state index < -0.39 is 5.97 Å². The summed E-state index contributed by atoms with van der Waals surface area (Å²) in [6, 6.07) is 25.2. The third-order valence-corrected chi connectivity index (χ3v) is 7.49. The molecule has 5 nitrogen and oxygen atoms in total. The molecule has 0 amide bonds. The second kappa shape index (κ2) is 14.8. The fourth-order valence-corrected chi connectivity index (χ4v) is 4.84. The van der Waals surface area contributed by atoms with Gasteiger partial charge in [-0.05, 0) is 59.3 Å². The molecule has 0 radical (unpaired) electrons. The monoisotopic (exact) mass is 552 g/mol. The van der Waals surface area contributed by atoms with Crippen LogP contribution in [0.5, 0.6) is 17.2 Å². The van der Waals surface area contributed by atoms with Crippen LogP contribution in [0.4, 0.5) is 0 Å². The van der Waals surface area contributed by atoms with E-state index in [1.54, 1.807) is 40.2 Å². The van der Waals surface area contributed by atoms with Crippen LogP contribution < -0.4 is 9.47 Å². The maximum Gasteiger partial charge on any atom is 0.349 e. The van der Waals surface area contributed by atoms with Crippen molar-refractivity contribution < 1.29 is 24.5 Å². The molecule has 0 spiro atoms. The molecule has 0 fully saturated rings. The molecule has 0 unspecified atom stereocenters. The summed E-state index contributed by atoms with van der Waals surface area (Å²) in [6.07, 6.45) is 0. The predicted octanol–water partition coefficient (Wildman–Crippen LogP) is 8.42. The van der Waals surface area contributed by atoms with Crippen molar-refractivity contribution in [2.24, 2.45) is 0 Å². The fraction of sp³-hybridized carbons (Fsp3) is 0.138. The number of hydrogen-bond acceptors (Lipinski definition) is 7. The molecule has 0 saturated heterocycles. The predicted molar refractivity (Wildman–Crippen MR) is 153 cm³/mol. The van der Waals surface area contributed by atoms with Gasteiger partial charge in [-0.3, -0.25) is 0 Å². The lowest BCUT2D eigenvalue weighted by molar-refractivity contribution is 0.0697. The molecule has 0 aliphatic heterocycles. The number of carbonyl (C=O) groups is 1. The molecule has 2 N–H and O–H groups in total. The topological polar surface area (TPSA) is 76.0 Å². The van der Waals surface area contributed by atoms with E-state index in [0.29, 0.717) is 24.7 Å². The first kappa shape index (κ1) is 28.0. The average molecular weight is 553 g/mol. The number of carboxylic acids is 1. The first-order valence-electron chi connectivity index (χ1n) is 11.4. The average Bonchev–Trinajstić information content (AvgIpc) is 3.65. The van der Waals surface area contributed by atoms with Crippen LogP contribution >= 0.6 is 34.0 Å². The van der Waals surface area contributed by atoms with Gasteiger partial charge in [0.25, 0.3) is 0 Å². The molecule has 3 aromatic heterocycles. The number of benzene rings is 2. The zero-order valence-corrected chi connectivity index (χ0v) is 22.9. The number of rotatable bonds is 7. The van der Waals surface area contributed by atoms with Crippen LogP contribution in [-0.4, -0.2) is 16.2 Å². The van der Waals surface area contributed by atoms with Crippen molar-refractivity contribution >= 4 is 40.0 Å². The Morgan fingerprint density at radius 3 is 1.59 bits per heavy atom. The molecule has 0 aliphatic rings. The highest BCUT2D eigenvalue weighted by atomic mass is 32.1. The second-order valence-electron chi connectivity index (χ2n) is 7.67. The van der Waals surface area contributed by atoms with Crippen molar-refractivity contribution in [3.63, 3.8) is 0 Å². The largest absolute Gasteiger partial charge is 0.507 e. The zero-order chi connectivity index (χ0) is 26.5. The van der Waals surface area contributed by atoms with E-state index in [9.17, 15) is 4.79 Å². The van der Waals surface area contributed by atoms with Gasteiger partial charge in [-0.25, -0.2) is 4.79 Å². The van der Waals surface area contributed by atoms with Crippen molar-refractivity contribution in [2.45, 2.75) is 27.1 Å². The number of aryl methyl sites for hydroxylation is 2. The van der Waals surface area contributed by atoms with Gasteiger partial charge < -0.3 is 19.7 Å². The number of aromatic hydroxyl groups is 1. The minimum absolute atomic E-state index is 0.246. The molecule has 192 valence electrons. The van der Waals surface area contributed by atoms with Crippen LogP contribution in [0.25, 0.3) is 0 Å². The van der Waals surface area contributed by atoms with E-state index in [1.807, 2.05) is 66.9 Å². The fourth-order valence-electron chi connectivity index (χ4n) is 2.94. The normalized spacial score (nSPS) is 9.89. The first-order chi connectivity index (χ1) is 17.9. The Labute approximate surface area is 228 Å². The second-order valence-corrected chi connectivity index (χ2v) is 10.8. The smallest absolute Gasteiger partial charge is 0.349 e. The maximum absolute atomic E-state index is 10.8. The number of thiophene rings is 3. The summed E-state index contributed by atoms with van der Waals surface area (Å²) in [4.78, 5) is 13.3. The molecular formula is C29H28O5S3. The van der Waals surface area contributed by atoms with Crippen molar-refractivity contribution in [1.82, 2.24) is 0 Å². The van der Waals surface area contributed by atoms with E-state index in [4.69, 9.17) is 19.7 Å². The van der Waals surface area contributed by atoms with Crippen LogP contribution in [-0.2, 0) is 13.2 Å². The molecule has 2 aromatic carbocycles. The highest BCUT2D eigenvalue weighted by Crippen LogP contribution is 2.26. The van der Waals surface area contributed by atoms with Gasteiger partial charge in [0.15, 0.2) is 4.88 Å². The van der Waals surface area contributed by atoms with E-state index in [0.717, 1.165) is 16.2 Å². The zero-order valence-electron chi connectivity index (χ0n) is 20.5. The molecule has 37 heavy (non-hydrogen) atoms. The quantitative estimate of drug-likeness (QED) is 0.212. The summed E-state index contributed by atoms with van der Waals surface area (Å²) >= 11 is 4.44. The van der Waals surface area contributed by atoms with Gasteiger partial charge in [-0.15, -0.1) is 34.0 Å². The van der Waals surface area contributed by atoms with Gasteiger partial charge in [0.2, 0.25) is 0 Å². The number of aromatic carboxylic acids is 1. The molecular weight excluding hydrogens is 525 g/mol. The van der Waals surface area contributed by atoms with Crippen molar-refractivity contribution in [2.75, 3.05) is 0 Å². The number of hydrogen-bond donors (Lipinski definition) is 2. The first-order valence-corrected chi connectivity index (χ1v) is 14.0. The van der Waals surface area contributed by atoms with Gasteiger partial charge in [0.1, 0.15) is 30.5 Å². The van der Waals surface area contributed by atoms with Crippen LogP contribution in [0.1, 0.15) is 30.6 Å². The Morgan fingerprint density at radius 2 is 1.16 bits per heavy atom. The SMILES string of the molecule is Cc1sccc1O.Cc1sccc1OCc1ccccc1.O=C(O)c1sccc1OCc1ccccc1. The third kappa shape index (κ3) is 9.42. The van der Waals surface area contributed by atoms with E-state index in [1.165, 1.54) is 21.8 Å². The summed E-state index contributed by atoms with van der Waals surface area (Å²) in [6.45, 7) is 5.00. The molecule has 5 aromatic rings. The Morgan fingerprint density at radius 1 is 0.676 bits per heavy atom.